The fourth-order valence-corrected chi connectivity index (χ4v) is 5.30. The van der Waals surface area contributed by atoms with Crippen molar-refractivity contribution in [3.05, 3.63) is 75.6 Å². The van der Waals surface area contributed by atoms with Crippen LogP contribution in [0.1, 0.15) is 66.6 Å². The first-order valence-corrected chi connectivity index (χ1v) is 12.0. The lowest BCUT2D eigenvalue weighted by molar-refractivity contribution is 0.208. The van der Waals surface area contributed by atoms with E-state index in [1.54, 1.807) is 0 Å². The predicted molar refractivity (Wildman–Crippen MR) is 131 cm³/mol. The van der Waals surface area contributed by atoms with Gasteiger partial charge in [-0.15, -0.1) is 0 Å². The van der Waals surface area contributed by atoms with Gasteiger partial charge in [0, 0.05) is 24.7 Å². The number of aromatic nitrogens is 2. The molecule has 0 unspecified atom stereocenters. The van der Waals surface area contributed by atoms with Gasteiger partial charge in [-0.25, -0.2) is 4.98 Å². The SMILES string of the molecule is CCCCn1c(-c2c(C)cccc2C)nc(Cl)c1CN(C)[C@H]1CCCc2ccccc21. The highest BCUT2D eigenvalue weighted by molar-refractivity contribution is 6.30. The largest absolute Gasteiger partial charge is 0.325 e. The quantitative estimate of drug-likeness (QED) is 0.393. The summed E-state index contributed by atoms with van der Waals surface area (Å²) in [5, 5.41) is 0.643. The van der Waals surface area contributed by atoms with E-state index < -0.39 is 0 Å². The van der Waals surface area contributed by atoms with Crippen molar-refractivity contribution < 1.29 is 0 Å². The van der Waals surface area contributed by atoms with Crippen molar-refractivity contribution in [2.24, 2.45) is 0 Å². The minimum atomic E-state index is 0.430. The highest BCUT2D eigenvalue weighted by atomic mass is 35.5. The molecular weight excluding hydrogens is 402 g/mol. The molecule has 164 valence electrons. The van der Waals surface area contributed by atoms with Gasteiger partial charge in [0.05, 0.1) is 5.69 Å². The molecule has 4 heteroatoms. The molecule has 1 aliphatic rings. The fourth-order valence-electron chi connectivity index (χ4n) is 5.06. The van der Waals surface area contributed by atoms with E-state index in [9.17, 15) is 0 Å². The molecular formula is C27H34ClN3. The van der Waals surface area contributed by atoms with Crippen molar-refractivity contribution in [1.29, 1.82) is 0 Å². The normalized spacial score (nSPS) is 16.0. The molecule has 1 aliphatic carbocycles. The van der Waals surface area contributed by atoms with Crippen LogP contribution in [-0.2, 0) is 19.5 Å². The molecule has 2 aromatic carbocycles. The maximum atomic E-state index is 6.81. The summed E-state index contributed by atoms with van der Waals surface area (Å²) in [6, 6.07) is 15.8. The van der Waals surface area contributed by atoms with Gasteiger partial charge in [-0.05, 0) is 68.8 Å². The molecule has 1 aromatic heterocycles. The molecule has 3 aromatic rings. The maximum absolute atomic E-state index is 6.81. The standard InChI is InChI=1S/C27H34ClN3/c1-5-6-17-31-24(26(28)29-27(31)25-19(2)11-9-12-20(25)3)18-30(4)23-16-10-14-21-13-7-8-15-22(21)23/h7-9,11-13,15,23H,5-6,10,14,16-18H2,1-4H3/t23-/m0/s1. The number of rotatable bonds is 7. The van der Waals surface area contributed by atoms with Gasteiger partial charge in [-0.2, -0.15) is 0 Å². The van der Waals surface area contributed by atoms with Gasteiger partial charge in [0.2, 0.25) is 0 Å². The minimum Gasteiger partial charge on any atom is -0.325 e. The number of imidazole rings is 1. The Morgan fingerprint density at radius 1 is 1.10 bits per heavy atom. The summed E-state index contributed by atoms with van der Waals surface area (Å²) in [4.78, 5) is 7.37. The molecule has 31 heavy (non-hydrogen) atoms. The Hall–Kier alpha value is -2.10. The van der Waals surface area contributed by atoms with Crippen LogP contribution < -0.4 is 0 Å². The van der Waals surface area contributed by atoms with Crippen LogP contribution in [0.5, 0.6) is 0 Å². The summed E-state index contributed by atoms with van der Waals surface area (Å²) in [6.45, 7) is 8.32. The van der Waals surface area contributed by atoms with E-state index in [1.807, 2.05) is 0 Å². The molecule has 0 spiro atoms. The summed E-state index contributed by atoms with van der Waals surface area (Å²) in [6.07, 6.45) is 5.88. The Balaban J connectivity index is 1.71. The fraction of sp³-hybridized carbons (Fsp3) is 0.444. The molecule has 0 saturated carbocycles. The van der Waals surface area contributed by atoms with Crippen molar-refractivity contribution in [1.82, 2.24) is 14.5 Å². The van der Waals surface area contributed by atoms with Crippen molar-refractivity contribution >= 4 is 11.6 Å². The van der Waals surface area contributed by atoms with Gasteiger partial charge in [0.15, 0.2) is 5.15 Å². The lowest BCUT2D eigenvalue weighted by atomic mass is 9.87. The van der Waals surface area contributed by atoms with Crippen LogP contribution in [0.2, 0.25) is 5.15 Å². The monoisotopic (exact) mass is 435 g/mol. The van der Waals surface area contributed by atoms with E-state index in [-0.39, 0.29) is 0 Å². The van der Waals surface area contributed by atoms with Crippen molar-refractivity contribution in [3.63, 3.8) is 0 Å². The molecule has 0 N–H and O–H groups in total. The van der Waals surface area contributed by atoms with Crippen LogP contribution in [0.3, 0.4) is 0 Å². The third-order valence-corrected chi connectivity index (χ3v) is 7.04. The first kappa shape index (κ1) is 22.1. The van der Waals surface area contributed by atoms with Crippen molar-refractivity contribution in [2.75, 3.05) is 7.05 Å². The summed E-state index contributed by atoms with van der Waals surface area (Å²) in [7, 11) is 2.24. The first-order chi connectivity index (χ1) is 15.0. The number of halogens is 1. The van der Waals surface area contributed by atoms with Gasteiger partial charge < -0.3 is 4.57 Å². The molecule has 4 rings (SSSR count). The number of fused-ring (bicyclic) bond motifs is 1. The zero-order chi connectivity index (χ0) is 22.0. The van der Waals surface area contributed by atoms with E-state index in [0.29, 0.717) is 11.2 Å². The molecule has 0 fully saturated rings. The Morgan fingerprint density at radius 3 is 2.58 bits per heavy atom. The summed E-state index contributed by atoms with van der Waals surface area (Å²) in [5.41, 5.74) is 7.83. The Kier molecular flexibility index (Phi) is 6.83. The third kappa shape index (κ3) is 4.44. The molecule has 1 atom stereocenters. The average Bonchev–Trinajstić information content (AvgIpc) is 3.06. The molecule has 1 heterocycles. The second kappa shape index (κ2) is 9.58. The van der Waals surface area contributed by atoms with Crippen LogP contribution in [0.4, 0.5) is 0 Å². The number of unbranched alkanes of at least 4 members (excludes halogenated alkanes) is 1. The van der Waals surface area contributed by atoms with Gasteiger partial charge in [0.25, 0.3) is 0 Å². The highest BCUT2D eigenvalue weighted by Gasteiger charge is 2.26. The first-order valence-electron chi connectivity index (χ1n) is 11.6. The Morgan fingerprint density at radius 2 is 1.84 bits per heavy atom. The third-order valence-electron chi connectivity index (χ3n) is 6.73. The second-order valence-corrected chi connectivity index (χ2v) is 9.32. The summed E-state index contributed by atoms with van der Waals surface area (Å²) < 4.78 is 2.38. The Labute approximate surface area is 192 Å². The van der Waals surface area contributed by atoms with E-state index in [1.165, 1.54) is 47.1 Å². The summed E-state index contributed by atoms with van der Waals surface area (Å²) in [5.74, 6) is 1.02. The van der Waals surface area contributed by atoms with E-state index in [0.717, 1.165) is 37.4 Å². The van der Waals surface area contributed by atoms with Crippen LogP contribution in [-0.4, -0.2) is 21.5 Å². The van der Waals surface area contributed by atoms with Crippen LogP contribution in [0.15, 0.2) is 42.5 Å². The number of hydrogen-bond donors (Lipinski definition) is 0. The van der Waals surface area contributed by atoms with Crippen LogP contribution in [0.25, 0.3) is 11.4 Å². The van der Waals surface area contributed by atoms with Crippen molar-refractivity contribution in [3.8, 4) is 11.4 Å². The zero-order valence-corrected chi connectivity index (χ0v) is 20.0. The second-order valence-electron chi connectivity index (χ2n) is 8.97. The average molecular weight is 436 g/mol. The highest BCUT2D eigenvalue weighted by Crippen LogP contribution is 2.36. The smallest absolute Gasteiger partial charge is 0.152 e. The molecule has 0 bridgehead atoms. The van der Waals surface area contributed by atoms with Crippen LogP contribution >= 0.6 is 11.6 Å². The molecule has 0 amide bonds. The van der Waals surface area contributed by atoms with Crippen LogP contribution in [0, 0.1) is 13.8 Å². The molecule has 3 nitrogen and oxygen atoms in total. The Bertz CT molecular complexity index is 1030. The number of hydrogen-bond acceptors (Lipinski definition) is 2. The predicted octanol–water partition coefficient (Wildman–Crippen LogP) is 7.13. The van der Waals surface area contributed by atoms with E-state index >= 15 is 0 Å². The zero-order valence-electron chi connectivity index (χ0n) is 19.3. The number of benzene rings is 2. The lowest BCUT2D eigenvalue weighted by Crippen LogP contribution is -2.28. The molecule has 0 saturated heterocycles. The topological polar surface area (TPSA) is 21.1 Å². The van der Waals surface area contributed by atoms with Gasteiger partial charge in [-0.1, -0.05) is 67.4 Å². The maximum Gasteiger partial charge on any atom is 0.152 e. The minimum absolute atomic E-state index is 0.430. The lowest BCUT2D eigenvalue weighted by Gasteiger charge is -2.33. The van der Waals surface area contributed by atoms with E-state index in [2.05, 4.69) is 79.8 Å². The number of nitrogens with zero attached hydrogens (tertiary/aromatic N) is 3. The molecule has 0 aliphatic heterocycles. The number of aryl methyl sites for hydroxylation is 3. The van der Waals surface area contributed by atoms with Crippen molar-refractivity contribution in [2.45, 2.75) is 72.0 Å². The summed E-state index contributed by atoms with van der Waals surface area (Å²) >= 11 is 6.81. The van der Waals surface area contributed by atoms with Gasteiger partial charge in [-0.3, -0.25) is 4.90 Å². The molecule has 0 radical (unpaired) electrons. The van der Waals surface area contributed by atoms with Gasteiger partial charge in [0.1, 0.15) is 5.82 Å². The van der Waals surface area contributed by atoms with Gasteiger partial charge >= 0.3 is 0 Å². The van der Waals surface area contributed by atoms with E-state index in [4.69, 9.17) is 16.6 Å².